The van der Waals surface area contributed by atoms with E-state index in [1.165, 1.54) is 26.2 Å². The monoisotopic (exact) mass is 127 g/mol. The number of hydrogen-bond acceptors (Lipinski definition) is 3. The van der Waals surface area contributed by atoms with E-state index in [9.17, 15) is 0 Å². The number of nitrogens with zero attached hydrogens (tertiary/aromatic N) is 1. The van der Waals surface area contributed by atoms with Gasteiger partial charge in [0.2, 0.25) is 0 Å². The molecule has 2 aliphatic rings. The summed E-state index contributed by atoms with van der Waals surface area (Å²) >= 11 is 0. The first-order chi connectivity index (χ1) is 4.35. The van der Waals surface area contributed by atoms with Crippen LogP contribution in [-0.2, 0) is 0 Å². The lowest BCUT2D eigenvalue weighted by atomic mass is 9.76. The first-order valence-electron chi connectivity index (χ1n) is 3.48. The van der Waals surface area contributed by atoms with Crippen molar-refractivity contribution >= 4 is 0 Å². The van der Waals surface area contributed by atoms with E-state index in [0.29, 0.717) is 5.41 Å². The minimum absolute atomic E-state index is 0.670. The highest BCUT2D eigenvalue weighted by atomic mass is 15.5. The summed E-state index contributed by atoms with van der Waals surface area (Å²) < 4.78 is 0. The van der Waals surface area contributed by atoms with Crippen molar-refractivity contribution in [2.24, 2.45) is 5.41 Å². The van der Waals surface area contributed by atoms with Crippen molar-refractivity contribution in [2.75, 3.05) is 33.2 Å². The summed E-state index contributed by atoms with van der Waals surface area (Å²) in [7, 11) is 1.99. The van der Waals surface area contributed by atoms with Crippen LogP contribution in [0.5, 0.6) is 0 Å². The summed E-state index contributed by atoms with van der Waals surface area (Å²) in [4.78, 5) is 0. The van der Waals surface area contributed by atoms with Crippen LogP contribution in [0, 0.1) is 5.41 Å². The first kappa shape index (κ1) is 5.65. The zero-order chi connectivity index (χ0) is 6.32. The Kier molecular flexibility index (Phi) is 1.06. The fourth-order valence-electron chi connectivity index (χ4n) is 1.62. The Balaban J connectivity index is 1.82. The molecule has 0 aromatic heterocycles. The normalized spacial score (nSPS) is 31.7. The molecule has 1 spiro atoms. The predicted octanol–water partition coefficient (Wildman–Crippen LogP) is -0.974. The number of nitrogens with one attached hydrogen (secondary N) is 2. The SMILES string of the molecule is CNN1CC2(CNC2)C1. The third-order valence-corrected chi connectivity index (χ3v) is 2.37. The van der Waals surface area contributed by atoms with E-state index in [0.717, 1.165) is 0 Å². The minimum Gasteiger partial charge on any atom is -0.315 e. The highest BCUT2D eigenvalue weighted by molar-refractivity contribution is 5.02. The molecule has 2 N–H and O–H groups in total. The Bertz CT molecular complexity index is 111. The van der Waals surface area contributed by atoms with E-state index >= 15 is 0 Å². The van der Waals surface area contributed by atoms with Crippen molar-refractivity contribution in [3.63, 3.8) is 0 Å². The Morgan fingerprint density at radius 1 is 1.44 bits per heavy atom. The van der Waals surface area contributed by atoms with Gasteiger partial charge in [-0.15, -0.1) is 0 Å². The molecule has 2 saturated heterocycles. The maximum absolute atomic E-state index is 3.29. The lowest BCUT2D eigenvalue weighted by Crippen LogP contribution is -2.73. The smallest absolute Gasteiger partial charge is 0.0235 e. The van der Waals surface area contributed by atoms with Crippen LogP contribution >= 0.6 is 0 Å². The molecule has 3 heteroatoms. The molecular weight excluding hydrogens is 114 g/mol. The van der Waals surface area contributed by atoms with Gasteiger partial charge in [0.05, 0.1) is 0 Å². The molecule has 2 rings (SSSR count). The van der Waals surface area contributed by atoms with Crippen molar-refractivity contribution in [1.82, 2.24) is 15.8 Å². The maximum atomic E-state index is 3.29. The average molecular weight is 127 g/mol. The van der Waals surface area contributed by atoms with Crippen LogP contribution in [0.3, 0.4) is 0 Å². The van der Waals surface area contributed by atoms with Crippen LogP contribution in [0.4, 0.5) is 0 Å². The first-order valence-corrected chi connectivity index (χ1v) is 3.48. The zero-order valence-corrected chi connectivity index (χ0v) is 5.78. The summed E-state index contributed by atoms with van der Waals surface area (Å²) in [5.74, 6) is 0. The van der Waals surface area contributed by atoms with Crippen LogP contribution in [0.1, 0.15) is 0 Å². The topological polar surface area (TPSA) is 27.3 Å². The molecule has 0 aromatic carbocycles. The van der Waals surface area contributed by atoms with Crippen molar-refractivity contribution in [3.8, 4) is 0 Å². The van der Waals surface area contributed by atoms with Crippen LogP contribution in [0.15, 0.2) is 0 Å². The van der Waals surface area contributed by atoms with Crippen LogP contribution in [0.25, 0.3) is 0 Å². The van der Waals surface area contributed by atoms with E-state index in [2.05, 4.69) is 15.8 Å². The fraction of sp³-hybridized carbons (Fsp3) is 1.00. The molecule has 0 amide bonds. The highest BCUT2D eigenvalue weighted by Crippen LogP contribution is 2.31. The van der Waals surface area contributed by atoms with Crippen LogP contribution in [-0.4, -0.2) is 38.2 Å². The molecule has 0 atom stereocenters. The molecule has 0 radical (unpaired) electrons. The van der Waals surface area contributed by atoms with E-state index in [1.54, 1.807) is 0 Å². The molecule has 0 bridgehead atoms. The Hall–Kier alpha value is -0.120. The van der Waals surface area contributed by atoms with Gasteiger partial charge in [-0.1, -0.05) is 0 Å². The molecule has 0 saturated carbocycles. The quantitative estimate of drug-likeness (QED) is 0.474. The highest BCUT2D eigenvalue weighted by Gasteiger charge is 2.46. The van der Waals surface area contributed by atoms with E-state index < -0.39 is 0 Å². The second kappa shape index (κ2) is 1.68. The van der Waals surface area contributed by atoms with Gasteiger partial charge < -0.3 is 5.32 Å². The lowest BCUT2D eigenvalue weighted by Gasteiger charge is -2.55. The molecular formula is C6H13N3. The Morgan fingerprint density at radius 2 is 2.11 bits per heavy atom. The largest absolute Gasteiger partial charge is 0.315 e. The molecule has 52 valence electrons. The summed E-state index contributed by atoms with van der Waals surface area (Å²) in [6, 6.07) is 0. The fourth-order valence-corrected chi connectivity index (χ4v) is 1.62. The van der Waals surface area contributed by atoms with Gasteiger partial charge in [-0.3, -0.25) is 5.43 Å². The molecule has 2 heterocycles. The third-order valence-electron chi connectivity index (χ3n) is 2.37. The second-order valence-electron chi connectivity index (χ2n) is 3.18. The Morgan fingerprint density at radius 3 is 2.44 bits per heavy atom. The van der Waals surface area contributed by atoms with Crippen molar-refractivity contribution in [3.05, 3.63) is 0 Å². The molecule has 9 heavy (non-hydrogen) atoms. The van der Waals surface area contributed by atoms with Crippen LogP contribution < -0.4 is 10.7 Å². The summed E-state index contributed by atoms with van der Waals surface area (Å²) in [5.41, 5.74) is 3.80. The maximum Gasteiger partial charge on any atom is 0.0235 e. The third kappa shape index (κ3) is 0.689. The molecule has 0 aromatic rings. The number of rotatable bonds is 1. The van der Waals surface area contributed by atoms with Gasteiger partial charge in [-0.05, 0) is 7.05 Å². The van der Waals surface area contributed by atoms with Crippen molar-refractivity contribution < 1.29 is 0 Å². The average Bonchev–Trinajstić information content (AvgIpc) is 1.59. The predicted molar refractivity (Wildman–Crippen MR) is 35.9 cm³/mol. The molecule has 3 nitrogen and oxygen atoms in total. The van der Waals surface area contributed by atoms with Gasteiger partial charge in [0.1, 0.15) is 0 Å². The minimum atomic E-state index is 0.670. The van der Waals surface area contributed by atoms with Gasteiger partial charge in [0, 0.05) is 31.6 Å². The summed E-state index contributed by atoms with van der Waals surface area (Å²) in [6.45, 7) is 4.92. The van der Waals surface area contributed by atoms with E-state index in [1.807, 2.05) is 7.05 Å². The van der Waals surface area contributed by atoms with Crippen molar-refractivity contribution in [1.29, 1.82) is 0 Å². The molecule has 2 aliphatic heterocycles. The lowest BCUT2D eigenvalue weighted by molar-refractivity contribution is -0.0660. The van der Waals surface area contributed by atoms with Gasteiger partial charge in [-0.25, -0.2) is 5.01 Å². The molecule has 0 aliphatic carbocycles. The number of hydrazine groups is 1. The molecule has 2 fully saturated rings. The van der Waals surface area contributed by atoms with Gasteiger partial charge >= 0.3 is 0 Å². The van der Waals surface area contributed by atoms with Gasteiger partial charge in [0.15, 0.2) is 0 Å². The summed E-state index contributed by atoms with van der Waals surface area (Å²) in [5, 5.41) is 5.54. The van der Waals surface area contributed by atoms with E-state index in [4.69, 9.17) is 0 Å². The second-order valence-corrected chi connectivity index (χ2v) is 3.18. The zero-order valence-electron chi connectivity index (χ0n) is 5.78. The van der Waals surface area contributed by atoms with Gasteiger partial charge in [-0.2, -0.15) is 0 Å². The van der Waals surface area contributed by atoms with E-state index in [-0.39, 0.29) is 0 Å². The summed E-state index contributed by atoms with van der Waals surface area (Å²) in [6.07, 6.45) is 0. The molecule has 0 unspecified atom stereocenters. The standard InChI is InChI=1S/C6H13N3/c1-7-9-4-6(5-9)2-8-3-6/h7-8H,2-5H2,1H3. The van der Waals surface area contributed by atoms with Crippen molar-refractivity contribution in [2.45, 2.75) is 0 Å². The van der Waals surface area contributed by atoms with Crippen LogP contribution in [0.2, 0.25) is 0 Å². The Labute approximate surface area is 55.4 Å². The van der Waals surface area contributed by atoms with Gasteiger partial charge in [0.25, 0.3) is 0 Å². The number of hydrogen-bond donors (Lipinski definition) is 2.